The van der Waals surface area contributed by atoms with Gasteiger partial charge < -0.3 is 35.9 Å². The Kier molecular flexibility index (Phi) is 9.55. The molecule has 3 rings (SSSR count). The minimum Gasteiger partial charge on any atom is -1.00 e. The van der Waals surface area contributed by atoms with Crippen LogP contribution >= 0.6 is 7.26 Å². The van der Waals surface area contributed by atoms with Gasteiger partial charge in [-0.05, 0) is 43.3 Å². The van der Waals surface area contributed by atoms with Crippen LogP contribution in [0.15, 0.2) is 72.8 Å². The summed E-state index contributed by atoms with van der Waals surface area (Å²) in [5, 5.41) is 3.05. The van der Waals surface area contributed by atoms with Crippen LogP contribution in [-0.2, 0) is 9.53 Å². The van der Waals surface area contributed by atoms with Crippen LogP contribution in [0.2, 0.25) is 0 Å². The van der Waals surface area contributed by atoms with Crippen molar-refractivity contribution in [1.82, 2.24) is 0 Å². The van der Waals surface area contributed by atoms with Crippen molar-refractivity contribution >= 4 is 29.1 Å². The molecule has 0 fully saturated rings. The zero-order chi connectivity index (χ0) is 22.3. The summed E-state index contributed by atoms with van der Waals surface area (Å²) in [6.07, 6.45) is 0.217. The van der Waals surface area contributed by atoms with Crippen molar-refractivity contribution in [3.63, 3.8) is 0 Å². The van der Waals surface area contributed by atoms with Gasteiger partial charge in [0.1, 0.15) is 40.4 Å². The SMILES string of the molecule is CCOC(=O)C[P+](c1cccc(OC)c1)(c1cccc(OC)c1)c1cccc(OC)c1.[Br-]. The number of ether oxygens (including phenoxy) is 4. The number of hydrogen-bond donors (Lipinski definition) is 0. The fourth-order valence-electron chi connectivity index (χ4n) is 3.67. The van der Waals surface area contributed by atoms with E-state index in [9.17, 15) is 4.79 Å². The molecule has 170 valence electrons. The molecule has 0 aliphatic rings. The van der Waals surface area contributed by atoms with Crippen molar-refractivity contribution < 1.29 is 40.7 Å². The first-order chi connectivity index (χ1) is 15.1. The van der Waals surface area contributed by atoms with Crippen LogP contribution in [0.5, 0.6) is 17.2 Å². The lowest BCUT2D eigenvalue weighted by atomic mass is 10.3. The molecule has 0 amide bonds. The highest BCUT2D eigenvalue weighted by molar-refractivity contribution is 7.96. The highest BCUT2D eigenvalue weighted by Crippen LogP contribution is 2.56. The van der Waals surface area contributed by atoms with E-state index in [1.165, 1.54) is 0 Å². The number of carbonyl (C=O) groups excluding carboxylic acids is 1. The van der Waals surface area contributed by atoms with Crippen LogP contribution in [0.25, 0.3) is 0 Å². The average molecular weight is 519 g/mol. The molecule has 0 saturated carbocycles. The van der Waals surface area contributed by atoms with E-state index in [-0.39, 0.29) is 29.1 Å². The Morgan fingerprint density at radius 1 is 0.719 bits per heavy atom. The second kappa shape index (κ2) is 11.9. The molecule has 0 aromatic heterocycles. The third-order valence-corrected chi connectivity index (χ3v) is 9.37. The number of esters is 1. The van der Waals surface area contributed by atoms with Gasteiger partial charge in [0.05, 0.1) is 27.9 Å². The predicted molar refractivity (Wildman–Crippen MR) is 126 cm³/mol. The first-order valence-electron chi connectivity index (χ1n) is 10.0. The first kappa shape index (κ1) is 25.7. The highest BCUT2D eigenvalue weighted by atomic mass is 79.9. The Labute approximate surface area is 200 Å². The molecule has 0 N–H and O–H groups in total. The predicted octanol–water partition coefficient (Wildman–Crippen LogP) is 0.573. The second-order valence-electron chi connectivity index (χ2n) is 6.88. The first-order valence-corrected chi connectivity index (χ1v) is 12.0. The molecule has 3 aromatic carbocycles. The van der Waals surface area contributed by atoms with E-state index in [2.05, 4.69) is 18.2 Å². The summed E-state index contributed by atoms with van der Waals surface area (Å²) in [6.45, 7) is 2.15. The standard InChI is InChI=1S/C25H28O5P.BrH/c1-5-30-25(26)18-31(22-12-6-9-19(15-22)27-2,23-13-7-10-20(16-23)28-3)24-14-8-11-21(17-24)29-4;/h6-17H,5,18H2,1-4H3;1H/q+1;/p-1. The van der Waals surface area contributed by atoms with E-state index in [0.29, 0.717) is 6.61 Å². The summed E-state index contributed by atoms with van der Waals surface area (Å²) < 4.78 is 22.0. The van der Waals surface area contributed by atoms with Crippen molar-refractivity contribution in [2.45, 2.75) is 6.92 Å². The van der Waals surface area contributed by atoms with Crippen LogP contribution in [0.1, 0.15) is 6.92 Å². The molecule has 0 heterocycles. The molecule has 0 bridgehead atoms. The Bertz CT molecular complexity index is 924. The molecular weight excluding hydrogens is 491 g/mol. The monoisotopic (exact) mass is 518 g/mol. The lowest BCUT2D eigenvalue weighted by Gasteiger charge is -2.27. The minimum atomic E-state index is -2.47. The van der Waals surface area contributed by atoms with Crippen LogP contribution in [0.3, 0.4) is 0 Å². The van der Waals surface area contributed by atoms with Gasteiger partial charge in [0.15, 0.2) is 6.16 Å². The molecule has 0 spiro atoms. The van der Waals surface area contributed by atoms with E-state index in [4.69, 9.17) is 18.9 Å². The fourth-order valence-corrected chi connectivity index (χ4v) is 7.65. The molecule has 5 nitrogen and oxygen atoms in total. The third kappa shape index (κ3) is 5.43. The number of halogens is 1. The molecule has 0 saturated heterocycles. The number of methoxy groups -OCH3 is 3. The number of rotatable bonds is 9. The smallest absolute Gasteiger partial charge is 0.345 e. The fraction of sp³-hybridized carbons (Fsp3) is 0.240. The van der Waals surface area contributed by atoms with Gasteiger partial charge in [-0.15, -0.1) is 0 Å². The summed E-state index contributed by atoms with van der Waals surface area (Å²) in [5.41, 5.74) is 0. The van der Waals surface area contributed by atoms with Gasteiger partial charge >= 0.3 is 5.97 Å². The summed E-state index contributed by atoms with van der Waals surface area (Å²) in [7, 11) is 2.45. The number of hydrogen-bond acceptors (Lipinski definition) is 5. The maximum Gasteiger partial charge on any atom is 0.345 e. The average Bonchev–Trinajstić information content (AvgIpc) is 2.82. The van der Waals surface area contributed by atoms with Gasteiger partial charge in [0, 0.05) is 18.2 Å². The Hall–Kier alpha value is -2.56. The number of benzene rings is 3. The van der Waals surface area contributed by atoms with Gasteiger partial charge in [-0.1, -0.05) is 18.2 Å². The molecule has 7 heteroatoms. The van der Waals surface area contributed by atoms with Crippen molar-refractivity contribution in [1.29, 1.82) is 0 Å². The summed E-state index contributed by atoms with van der Waals surface area (Å²) in [5.74, 6) is 1.95. The van der Waals surface area contributed by atoms with Gasteiger partial charge in [0.25, 0.3) is 0 Å². The second-order valence-corrected chi connectivity index (χ2v) is 10.4. The zero-order valence-electron chi connectivity index (χ0n) is 18.7. The van der Waals surface area contributed by atoms with E-state index >= 15 is 0 Å². The molecule has 32 heavy (non-hydrogen) atoms. The maximum absolute atomic E-state index is 13.0. The van der Waals surface area contributed by atoms with Crippen molar-refractivity contribution in [3.05, 3.63) is 72.8 Å². The molecular formula is C25H28BrO5P. The van der Waals surface area contributed by atoms with Crippen LogP contribution in [0, 0.1) is 0 Å². The number of carbonyl (C=O) groups is 1. The Morgan fingerprint density at radius 3 is 1.41 bits per heavy atom. The molecule has 3 aromatic rings. The van der Waals surface area contributed by atoms with E-state index in [0.717, 1.165) is 33.2 Å². The van der Waals surface area contributed by atoms with Gasteiger partial charge in [-0.25, -0.2) is 4.79 Å². The minimum absolute atomic E-state index is 0. The van der Waals surface area contributed by atoms with Gasteiger partial charge in [0.2, 0.25) is 0 Å². The van der Waals surface area contributed by atoms with Gasteiger partial charge in [-0.3, -0.25) is 0 Å². The largest absolute Gasteiger partial charge is 1.00 e. The Balaban J connectivity index is 0.00000363. The lowest BCUT2D eigenvalue weighted by Crippen LogP contribution is -3.00. The summed E-state index contributed by atoms with van der Waals surface area (Å²) in [4.78, 5) is 13.0. The molecule has 0 aliphatic carbocycles. The van der Waals surface area contributed by atoms with Crippen LogP contribution in [0.4, 0.5) is 0 Å². The Morgan fingerprint density at radius 2 is 1.09 bits per heavy atom. The third-order valence-electron chi connectivity index (χ3n) is 5.15. The quantitative estimate of drug-likeness (QED) is 0.306. The summed E-state index contributed by atoms with van der Waals surface area (Å²) >= 11 is 0. The highest BCUT2D eigenvalue weighted by Gasteiger charge is 2.48. The van der Waals surface area contributed by atoms with E-state index in [1.807, 2.05) is 61.5 Å². The van der Waals surface area contributed by atoms with E-state index < -0.39 is 7.26 Å². The zero-order valence-corrected chi connectivity index (χ0v) is 21.2. The van der Waals surface area contributed by atoms with Crippen molar-refractivity contribution in [3.8, 4) is 17.2 Å². The molecule has 0 unspecified atom stereocenters. The molecule has 0 aliphatic heterocycles. The lowest BCUT2D eigenvalue weighted by molar-refractivity contribution is -0.139. The molecule has 0 radical (unpaired) electrons. The van der Waals surface area contributed by atoms with Crippen LogP contribution in [-0.4, -0.2) is 40.1 Å². The molecule has 0 atom stereocenters. The summed E-state index contributed by atoms with van der Waals surface area (Å²) in [6, 6.07) is 23.7. The normalized spacial score (nSPS) is 10.6. The topological polar surface area (TPSA) is 54.0 Å². The van der Waals surface area contributed by atoms with E-state index in [1.54, 1.807) is 21.3 Å². The van der Waals surface area contributed by atoms with Gasteiger partial charge in [-0.2, -0.15) is 0 Å². The van der Waals surface area contributed by atoms with Crippen molar-refractivity contribution in [2.75, 3.05) is 34.1 Å². The maximum atomic E-state index is 13.0. The van der Waals surface area contributed by atoms with Crippen molar-refractivity contribution in [2.24, 2.45) is 0 Å². The van der Waals surface area contributed by atoms with Crippen LogP contribution < -0.4 is 47.1 Å².